The number of hydrogen-bond acceptors (Lipinski definition) is 3. The lowest BCUT2D eigenvalue weighted by atomic mass is 10.1. The molecule has 2 aromatic rings. The Kier molecular flexibility index (Phi) is 5.89. The Labute approximate surface area is 170 Å². The molecule has 0 aromatic heterocycles. The number of aryl methyl sites for hydroxylation is 2. The summed E-state index contributed by atoms with van der Waals surface area (Å²) in [6.07, 6.45) is 1.69. The smallest absolute Gasteiger partial charge is 0.174 e. The Hall–Kier alpha value is -1.89. The van der Waals surface area contributed by atoms with Crippen molar-refractivity contribution >= 4 is 44.5 Å². The summed E-state index contributed by atoms with van der Waals surface area (Å²) in [5.41, 5.74) is 3.85. The molecule has 0 fully saturated rings. The minimum Gasteiger partial charge on any atom is -0.337 e. The summed E-state index contributed by atoms with van der Waals surface area (Å²) in [5, 5.41) is 5.52. The van der Waals surface area contributed by atoms with Gasteiger partial charge in [-0.3, -0.25) is 0 Å². The van der Waals surface area contributed by atoms with Gasteiger partial charge in [-0.05, 0) is 54.9 Å². The Balaban J connectivity index is 1.88. The van der Waals surface area contributed by atoms with Crippen LogP contribution in [0.1, 0.15) is 16.7 Å². The minimum atomic E-state index is -3.20. The molecule has 0 spiro atoms. The van der Waals surface area contributed by atoms with Crippen molar-refractivity contribution in [2.45, 2.75) is 26.4 Å². The fourth-order valence-electron chi connectivity index (χ4n) is 3.13. The van der Waals surface area contributed by atoms with Crippen molar-refractivity contribution in [1.29, 1.82) is 0 Å². The van der Waals surface area contributed by atoms with E-state index in [0.29, 0.717) is 16.7 Å². The molecule has 4 nitrogen and oxygen atoms in total. The van der Waals surface area contributed by atoms with Crippen LogP contribution in [-0.4, -0.2) is 30.2 Å². The molecular weight excluding hydrogens is 400 g/mol. The lowest BCUT2D eigenvalue weighted by Crippen LogP contribution is -2.43. The van der Waals surface area contributed by atoms with E-state index in [1.54, 1.807) is 6.08 Å². The van der Waals surface area contributed by atoms with Crippen LogP contribution in [0.5, 0.6) is 0 Å². The lowest BCUT2D eigenvalue weighted by Gasteiger charge is -2.31. The average molecular weight is 421 g/mol. The maximum atomic E-state index is 11.9. The Morgan fingerprint density at radius 1 is 1.26 bits per heavy atom. The number of rotatable bonds is 4. The number of nitrogens with zero attached hydrogens (tertiary/aromatic N) is 1. The van der Waals surface area contributed by atoms with Gasteiger partial charge in [0, 0.05) is 12.0 Å². The molecule has 0 bridgehead atoms. The number of halogens is 1. The third kappa shape index (κ3) is 4.89. The van der Waals surface area contributed by atoms with Crippen LogP contribution in [0.15, 0.2) is 53.9 Å². The van der Waals surface area contributed by atoms with E-state index in [1.807, 2.05) is 61.2 Å². The minimum absolute atomic E-state index is 0.0161. The number of thiocarbonyl (C=S) groups is 1. The molecule has 0 saturated carbocycles. The molecule has 27 heavy (non-hydrogen) atoms. The van der Waals surface area contributed by atoms with Gasteiger partial charge < -0.3 is 10.2 Å². The molecule has 142 valence electrons. The highest BCUT2D eigenvalue weighted by Crippen LogP contribution is 2.28. The molecule has 7 heteroatoms. The molecule has 3 rings (SSSR count). The van der Waals surface area contributed by atoms with E-state index in [-0.39, 0.29) is 11.8 Å². The Bertz CT molecular complexity index is 965. The average Bonchev–Trinajstić information content (AvgIpc) is 2.96. The summed E-state index contributed by atoms with van der Waals surface area (Å²) >= 11 is 12.0. The van der Waals surface area contributed by atoms with Gasteiger partial charge in [0.2, 0.25) is 0 Å². The van der Waals surface area contributed by atoms with Crippen molar-refractivity contribution in [1.82, 2.24) is 4.90 Å². The summed E-state index contributed by atoms with van der Waals surface area (Å²) in [4.78, 5) is 1.89. The number of anilines is 1. The van der Waals surface area contributed by atoms with Gasteiger partial charge in [-0.2, -0.15) is 0 Å². The zero-order valence-corrected chi connectivity index (χ0v) is 17.5. The molecule has 0 unspecified atom stereocenters. The monoisotopic (exact) mass is 420 g/mol. The Morgan fingerprint density at radius 3 is 2.56 bits per heavy atom. The number of hydrogen-bond donors (Lipinski definition) is 1. The van der Waals surface area contributed by atoms with Crippen molar-refractivity contribution in [3.05, 3.63) is 75.7 Å². The van der Waals surface area contributed by atoms with Crippen LogP contribution >= 0.6 is 23.8 Å². The van der Waals surface area contributed by atoms with Crippen LogP contribution < -0.4 is 5.32 Å². The molecule has 1 aliphatic rings. The van der Waals surface area contributed by atoms with Crippen LogP contribution in [0.4, 0.5) is 5.69 Å². The summed E-state index contributed by atoms with van der Waals surface area (Å²) < 4.78 is 23.9. The molecule has 1 aliphatic heterocycles. The number of nitrogens with one attached hydrogen (secondary N) is 1. The van der Waals surface area contributed by atoms with Gasteiger partial charge in [-0.1, -0.05) is 48.0 Å². The lowest BCUT2D eigenvalue weighted by molar-refractivity contribution is 0.380. The first-order valence-corrected chi connectivity index (χ1v) is 11.0. The SMILES string of the molecule is Cc1cc(C)c(NC(=S)N(Cc2ccccc2)[C@@H]2C=CS(=O)(=O)C2)c(Cl)c1. The molecule has 1 heterocycles. The molecule has 0 amide bonds. The summed E-state index contributed by atoms with van der Waals surface area (Å²) in [6.45, 7) is 4.45. The first-order valence-electron chi connectivity index (χ1n) is 8.54. The summed E-state index contributed by atoms with van der Waals surface area (Å²) in [6, 6.07) is 13.4. The van der Waals surface area contributed by atoms with E-state index < -0.39 is 9.84 Å². The van der Waals surface area contributed by atoms with Gasteiger partial charge in [-0.25, -0.2) is 8.42 Å². The largest absolute Gasteiger partial charge is 0.337 e. The zero-order valence-electron chi connectivity index (χ0n) is 15.1. The molecular formula is C20H21ClN2O2S2. The van der Waals surface area contributed by atoms with Crippen LogP contribution in [0.25, 0.3) is 0 Å². The standard InChI is InChI=1S/C20H21ClN2O2S2/c1-14-10-15(2)19(18(21)11-14)22-20(26)23(12-16-6-4-3-5-7-16)17-8-9-27(24,25)13-17/h3-11,17H,12-13H2,1-2H3,(H,22,26)/t17-/m1/s1. The molecule has 0 saturated heterocycles. The van der Waals surface area contributed by atoms with Crippen molar-refractivity contribution < 1.29 is 8.42 Å². The second-order valence-corrected chi connectivity index (χ2v) is 9.43. The van der Waals surface area contributed by atoms with Crippen molar-refractivity contribution in [3.63, 3.8) is 0 Å². The van der Waals surface area contributed by atoms with Crippen LogP contribution in [0.3, 0.4) is 0 Å². The van der Waals surface area contributed by atoms with Gasteiger partial charge in [0.1, 0.15) is 0 Å². The molecule has 0 aliphatic carbocycles. The highest BCUT2D eigenvalue weighted by molar-refractivity contribution is 7.94. The third-order valence-corrected chi connectivity index (χ3v) is 6.44. The highest BCUT2D eigenvalue weighted by atomic mass is 35.5. The maximum Gasteiger partial charge on any atom is 0.174 e. The quantitative estimate of drug-likeness (QED) is 0.739. The van der Waals surface area contributed by atoms with Gasteiger partial charge in [-0.15, -0.1) is 0 Å². The fourth-order valence-corrected chi connectivity index (χ4v) is 5.10. The molecule has 0 radical (unpaired) electrons. The fraction of sp³-hybridized carbons (Fsp3) is 0.250. The van der Waals surface area contributed by atoms with E-state index in [0.717, 1.165) is 22.4 Å². The van der Waals surface area contributed by atoms with Crippen molar-refractivity contribution in [2.24, 2.45) is 0 Å². The first-order chi connectivity index (χ1) is 12.7. The van der Waals surface area contributed by atoms with Gasteiger partial charge >= 0.3 is 0 Å². The second kappa shape index (κ2) is 8.00. The zero-order chi connectivity index (χ0) is 19.6. The number of benzene rings is 2. The summed E-state index contributed by atoms with van der Waals surface area (Å²) in [5.74, 6) is 0.0161. The molecule has 1 N–H and O–H groups in total. The third-order valence-electron chi connectivity index (χ3n) is 4.43. The van der Waals surface area contributed by atoms with Gasteiger partial charge in [0.25, 0.3) is 0 Å². The van der Waals surface area contributed by atoms with Gasteiger partial charge in [0.05, 0.1) is 22.5 Å². The van der Waals surface area contributed by atoms with E-state index >= 15 is 0 Å². The summed E-state index contributed by atoms with van der Waals surface area (Å²) in [7, 11) is -3.20. The topological polar surface area (TPSA) is 49.4 Å². The second-order valence-electron chi connectivity index (χ2n) is 6.71. The van der Waals surface area contributed by atoms with Crippen LogP contribution in [-0.2, 0) is 16.4 Å². The van der Waals surface area contributed by atoms with Gasteiger partial charge in [0.15, 0.2) is 14.9 Å². The van der Waals surface area contributed by atoms with Crippen LogP contribution in [0.2, 0.25) is 5.02 Å². The molecule has 1 atom stereocenters. The van der Waals surface area contributed by atoms with Crippen LogP contribution in [0, 0.1) is 13.8 Å². The Morgan fingerprint density at radius 2 is 1.96 bits per heavy atom. The van der Waals surface area contributed by atoms with E-state index in [1.165, 1.54) is 5.41 Å². The maximum absolute atomic E-state index is 11.9. The highest BCUT2D eigenvalue weighted by Gasteiger charge is 2.29. The van der Waals surface area contributed by atoms with E-state index in [4.69, 9.17) is 23.8 Å². The van der Waals surface area contributed by atoms with Crippen molar-refractivity contribution in [2.75, 3.05) is 11.1 Å². The van der Waals surface area contributed by atoms with E-state index in [2.05, 4.69) is 5.32 Å². The first kappa shape index (κ1) is 19.9. The van der Waals surface area contributed by atoms with E-state index in [9.17, 15) is 8.42 Å². The number of sulfone groups is 1. The predicted molar refractivity (Wildman–Crippen MR) is 116 cm³/mol. The molecule has 2 aromatic carbocycles. The normalized spacial score (nSPS) is 17.7. The predicted octanol–water partition coefficient (Wildman–Crippen LogP) is 4.47. The van der Waals surface area contributed by atoms with Crippen molar-refractivity contribution in [3.8, 4) is 0 Å².